The molecule has 4 heteroatoms. The Hall–Kier alpha value is -2.23. The van der Waals surface area contributed by atoms with Crippen LogP contribution in [0.1, 0.15) is 5.56 Å². The maximum absolute atomic E-state index is 9.43. The normalized spacial score (nSPS) is 10.0. The molecule has 2 rings (SSSR count). The van der Waals surface area contributed by atoms with Gasteiger partial charge in [-0.1, -0.05) is 6.07 Å². The van der Waals surface area contributed by atoms with Crippen LogP contribution in [0.4, 0.5) is 11.4 Å². The molecule has 0 aliphatic rings. The van der Waals surface area contributed by atoms with Crippen LogP contribution < -0.4 is 11.1 Å². The molecule has 0 radical (unpaired) electrons. The number of nitrogen functional groups attached to an aromatic ring is 1. The van der Waals surface area contributed by atoms with Gasteiger partial charge in [0.05, 0.1) is 11.4 Å². The highest BCUT2D eigenvalue weighted by Crippen LogP contribution is 2.21. The summed E-state index contributed by atoms with van der Waals surface area (Å²) in [6, 6.07) is 9.01. The highest BCUT2D eigenvalue weighted by atomic mass is 16.3. The van der Waals surface area contributed by atoms with Gasteiger partial charge in [-0.05, 0) is 29.8 Å². The lowest BCUT2D eigenvalue weighted by Crippen LogP contribution is -1.99. The van der Waals surface area contributed by atoms with E-state index in [1.54, 1.807) is 24.5 Å². The zero-order valence-corrected chi connectivity index (χ0v) is 8.72. The minimum atomic E-state index is 0.116. The summed E-state index contributed by atoms with van der Waals surface area (Å²) in [7, 11) is 0. The van der Waals surface area contributed by atoms with Crippen molar-refractivity contribution in [3.8, 4) is 5.75 Å². The fraction of sp³-hybridized carbons (Fsp3) is 0.0833. The first kappa shape index (κ1) is 10.3. The Morgan fingerprint density at radius 3 is 2.88 bits per heavy atom. The van der Waals surface area contributed by atoms with Crippen molar-refractivity contribution in [1.82, 2.24) is 4.98 Å². The van der Waals surface area contributed by atoms with Gasteiger partial charge in [0.2, 0.25) is 0 Å². The van der Waals surface area contributed by atoms with Gasteiger partial charge in [-0.2, -0.15) is 0 Å². The molecule has 0 saturated carbocycles. The molecule has 0 aliphatic heterocycles. The SMILES string of the molecule is Nc1ccc(CNc2cccnc2)cc1O. The second kappa shape index (κ2) is 4.53. The highest BCUT2D eigenvalue weighted by Gasteiger charge is 1.99. The van der Waals surface area contributed by atoms with Crippen molar-refractivity contribution in [3.63, 3.8) is 0 Å². The molecule has 0 saturated heterocycles. The van der Waals surface area contributed by atoms with Gasteiger partial charge >= 0.3 is 0 Å². The Kier molecular flexibility index (Phi) is 2.91. The summed E-state index contributed by atoms with van der Waals surface area (Å²) < 4.78 is 0. The van der Waals surface area contributed by atoms with Crippen molar-refractivity contribution in [2.24, 2.45) is 0 Å². The molecule has 1 aromatic carbocycles. The molecule has 2 aromatic rings. The summed E-state index contributed by atoms with van der Waals surface area (Å²) in [5.74, 6) is 0.116. The lowest BCUT2D eigenvalue weighted by Gasteiger charge is -2.07. The molecule has 1 aromatic heterocycles. The second-order valence-electron chi connectivity index (χ2n) is 3.49. The molecule has 4 N–H and O–H groups in total. The van der Waals surface area contributed by atoms with Crippen LogP contribution in [0.2, 0.25) is 0 Å². The van der Waals surface area contributed by atoms with Crippen molar-refractivity contribution in [2.75, 3.05) is 11.1 Å². The number of phenols is 1. The number of anilines is 2. The first-order chi connectivity index (χ1) is 7.75. The monoisotopic (exact) mass is 215 g/mol. The van der Waals surface area contributed by atoms with Gasteiger partial charge in [-0.25, -0.2) is 0 Å². The topological polar surface area (TPSA) is 71.2 Å². The molecule has 1 heterocycles. The quantitative estimate of drug-likeness (QED) is 0.541. The van der Waals surface area contributed by atoms with Crippen LogP contribution in [0.3, 0.4) is 0 Å². The van der Waals surface area contributed by atoms with Gasteiger partial charge in [0.25, 0.3) is 0 Å². The van der Waals surface area contributed by atoms with E-state index in [9.17, 15) is 5.11 Å². The van der Waals surface area contributed by atoms with E-state index >= 15 is 0 Å². The summed E-state index contributed by atoms with van der Waals surface area (Å²) >= 11 is 0. The van der Waals surface area contributed by atoms with E-state index in [1.165, 1.54) is 0 Å². The molecular formula is C12H13N3O. The Labute approximate surface area is 93.8 Å². The van der Waals surface area contributed by atoms with Crippen LogP contribution in [0.5, 0.6) is 5.75 Å². The number of nitrogens with one attached hydrogen (secondary N) is 1. The third-order valence-electron chi connectivity index (χ3n) is 2.25. The zero-order chi connectivity index (χ0) is 11.4. The van der Waals surface area contributed by atoms with Gasteiger partial charge in [-0.3, -0.25) is 4.98 Å². The minimum Gasteiger partial charge on any atom is -0.506 e. The van der Waals surface area contributed by atoms with E-state index in [1.807, 2.05) is 18.2 Å². The summed E-state index contributed by atoms with van der Waals surface area (Å²) in [5.41, 5.74) is 7.82. The van der Waals surface area contributed by atoms with Gasteiger partial charge < -0.3 is 16.2 Å². The van der Waals surface area contributed by atoms with E-state index in [0.717, 1.165) is 11.3 Å². The molecular weight excluding hydrogens is 202 g/mol. The first-order valence-corrected chi connectivity index (χ1v) is 4.97. The van der Waals surface area contributed by atoms with E-state index in [0.29, 0.717) is 12.2 Å². The predicted octanol–water partition coefficient (Wildman–Crippen LogP) is 1.98. The second-order valence-corrected chi connectivity index (χ2v) is 3.49. The number of aromatic nitrogens is 1. The number of hydrogen-bond acceptors (Lipinski definition) is 4. The van der Waals surface area contributed by atoms with E-state index in [4.69, 9.17) is 5.73 Å². The maximum Gasteiger partial charge on any atom is 0.138 e. The number of pyridine rings is 1. The van der Waals surface area contributed by atoms with Crippen LogP contribution in [0.25, 0.3) is 0 Å². The molecule has 82 valence electrons. The first-order valence-electron chi connectivity index (χ1n) is 4.97. The number of phenolic OH excluding ortho intramolecular Hbond substituents is 1. The molecule has 0 amide bonds. The molecule has 16 heavy (non-hydrogen) atoms. The zero-order valence-electron chi connectivity index (χ0n) is 8.72. The van der Waals surface area contributed by atoms with Crippen LogP contribution in [0.15, 0.2) is 42.7 Å². The Morgan fingerprint density at radius 2 is 2.19 bits per heavy atom. The summed E-state index contributed by atoms with van der Waals surface area (Å²) in [4.78, 5) is 4.00. The smallest absolute Gasteiger partial charge is 0.138 e. The van der Waals surface area contributed by atoms with Gasteiger partial charge in [-0.15, -0.1) is 0 Å². The fourth-order valence-corrected chi connectivity index (χ4v) is 1.37. The van der Waals surface area contributed by atoms with Crippen LogP contribution in [0, 0.1) is 0 Å². The summed E-state index contributed by atoms with van der Waals surface area (Å²) in [6.45, 7) is 0.625. The van der Waals surface area contributed by atoms with Crippen molar-refractivity contribution in [1.29, 1.82) is 0 Å². The Balaban J connectivity index is 2.03. The summed E-state index contributed by atoms with van der Waals surface area (Å²) in [5, 5.41) is 12.6. The highest BCUT2D eigenvalue weighted by molar-refractivity contribution is 5.53. The average Bonchev–Trinajstić information content (AvgIpc) is 2.32. The van der Waals surface area contributed by atoms with Crippen LogP contribution >= 0.6 is 0 Å². The number of aromatic hydroxyl groups is 1. The minimum absolute atomic E-state index is 0.116. The van der Waals surface area contributed by atoms with E-state index in [-0.39, 0.29) is 5.75 Å². The fourth-order valence-electron chi connectivity index (χ4n) is 1.37. The standard InChI is InChI=1S/C12H13N3O/c13-11-4-3-9(6-12(11)16)7-15-10-2-1-5-14-8-10/h1-6,8,15-16H,7,13H2. The lowest BCUT2D eigenvalue weighted by atomic mass is 10.2. The van der Waals surface area contributed by atoms with Crippen LogP contribution in [-0.4, -0.2) is 10.1 Å². The van der Waals surface area contributed by atoms with Crippen molar-refractivity contribution >= 4 is 11.4 Å². The van der Waals surface area contributed by atoms with Gasteiger partial charge in [0.1, 0.15) is 5.75 Å². The number of rotatable bonds is 3. The van der Waals surface area contributed by atoms with Crippen molar-refractivity contribution in [3.05, 3.63) is 48.3 Å². The molecule has 0 spiro atoms. The van der Waals surface area contributed by atoms with Crippen molar-refractivity contribution in [2.45, 2.75) is 6.54 Å². The van der Waals surface area contributed by atoms with E-state index in [2.05, 4.69) is 10.3 Å². The molecule has 0 bridgehead atoms. The average molecular weight is 215 g/mol. The molecule has 4 nitrogen and oxygen atoms in total. The Bertz CT molecular complexity index is 471. The molecule has 0 atom stereocenters. The molecule has 0 unspecified atom stereocenters. The molecule has 0 aliphatic carbocycles. The largest absolute Gasteiger partial charge is 0.506 e. The maximum atomic E-state index is 9.43. The third-order valence-corrected chi connectivity index (χ3v) is 2.25. The third kappa shape index (κ3) is 2.42. The van der Waals surface area contributed by atoms with Crippen molar-refractivity contribution < 1.29 is 5.11 Å². The van der Waals surface area contributed by atoms with Gasteiger partial charge in [0, 0.05) is 18.9 Å². The number of benzene rings is 1. The van der Waals surface area contributed by atoms with E-state index < -0.39 is 0 Å². The Morgan fingerprint density at radius 1 is 1.31 bits per heavy atom. The molecule has 0 fully saturated rings. The summed E-state index contributed by atoms with van der Waals surface area (Å²) in [6.07, 6.45) is 3.47. The van der Waals surface area contributed by atoms with Gasteiger partial charge in [0.15, 0.2) is 0 Å². The number of nitrogens with two attached hydrogens (primary N) is 1. The van der Waals surface area contributed by atoms with Crippen LogP contribution in [-0.2, 0) is 6.54 Å². The number of hydrogen-bond donors (Lipinski definition) is 3. The predicted molar refractivity (Wildman–Crippen MR) is 64.1 cm³/mol. The lowest BCUT2D eigenvalue weighted by molar-refractivity contribution is 0.477. The number of nitrogens with zero attached hydrogens (tertiary/aromatic N) is 1.